The lowest BCUT2D eigenvalue weighted by molar-refractivity contribution is 0.576. The second-order valence-electron chi connectivity index (χ2n) is 4.92. The average molecular weight is 308 g/mol. The van der Waals surface area contributed by atoms with Gasteiger partial charge in [-0.15, -0.1) is 10.2 Å². The smallest absolute Gasteiger partial charge is 0.241 e. The highest BCUT2D eigenvalue weighted by molar-refractivity contribution is 7.89. The van der Waals surface area contributed by atoms with Gasteiger partial charge in [0.25, 0.3) is 0 Å². The summed E-state index contributed by atoms with van der Waals surface area (Å²) in [4.78, 5) is 0.279. The molecule has 1 fully saturated rings. The van der Waals surface area contributed by atoms with Crippen molar-refractivity contribution in [2.24, 2.45) is 0 Å². The number of tetrazole rings is 1. The molecule has 3 N–H and O–H groups in total. The maximum absolute atomic E-state index is 12.4. The number of hydrogen-bond donors (Lipinski definition) is 3. The summed E-state index contributed by atoms with van der Waals surface area (Å²) >= 11 is 0. The van der Waals surface area contributed by atoms with Gasteiger partial charge >= 0.3 is 0 Å². The number of aromatic amines is 1. The molecule has 1 aliphatic carbocycles. The van der Waals surface area contributed by atoms with Crippen molar-refractivity contribution in [3.05, 3.63) is 35.7 Å². The number of aromatic nitrogens is 4. The maximum Gasteiger partial charge on any atom is 0.241 e. The monoisotopic (exact) mass is 308 g/mol. The number of H-pyrrole nitrogens is 1. The van der Waals surface area contributed by atoms with Gasteiger partial charge in [-0.2, -0.15) is 5.21 Å². The topological polar surface area (TPSA) is 113 Å². The van der Waals surface area contributed by atoms with Crippen LogP contribution in [-0.2, 0) is 23.1 Å². The molecule has 1 heterocycles. The molecule has 3 rings (SSSR count). The summed E-state index contributed by atoms with van der Waals surface area (Å²) in [6.07, 6.45) is 2.32. The molecule has 0 unspecified atom stereocenters. The van der Waals surface area contributed by atoms with Crippen molar-refractivity contribution in [1.29, 1.82) is 0 Å². The zero-order valence-electron chi connectivity index (χ0n) is 11.3. The van der Waals surface area contributed by atoms with Gasteiger partial charge < -0.3 is 5.32 Å². The first-order chi connectivity index (χ1) is 10.1. The van der Waals surface area contributed by atoms with Crippen molar-refractivity contribution in [3.8, 4) is 0 Å². The van der Waals surface area contributed by atoms with Crippen molar-refractivity contribution in [3.63, 3.8) is 0 Å². The van der Waals surface area contributed by atoms with Gasteiger partial charge in [-0.05, 0) is 24.5 Å². The molecule has 0 bridgehead atoms. The Morgan fingerprint density at radius 1 is 1.24 bits per heavy atom. The van der Waals surface area contributed by atoms with Crippen LogP contribution in [0, 0.1) is 0 Å². The van der Waals surface area contributed by atoms with Crippen LogP contribution < -0.4 is 10.0 Å². The van der Waals surface area contributed by atoms with E-state index in [-0.39, 0.29) is 11.4 Å². The highest BCUT2D eigenvalue weighted by Gasteiger charge is 2.23. The Morgan fingerprint density at radius 2 is 2.05 bits per heavy atom. The minimum absolute atomic E-state index is 0.00320. The molecule has 9 heteroatoms. The van der Waals surface area contributed by atoms with Crippen molar-refractivity contribution in [2.75, 3.05) is 0 Å². The van der Waals surface area contributed by atoms with Gasteiger partial charge in [0, 0.05) is 12.6 Å². The Hall–Kier alpha value is -1.84. The second-order valence-corrected chi connectivity index (χ2v) is 6.65. The molecule has 0 aliphatic heterocycles. The Morgan fingerprint density at radius 3 is 2.76 bits per heavy atom. The van der Waals surface area contributed by atoms with Gasteiger partial charge in [-0.3, -0.25) is 0 Å². The molecule has 112 valence electrons. The van der Waals surface area contributed by atoms with Gasteiger partial charge in [-0.1, -0.05) is 23.4 Å². The van der Waals surface area contributed by atoms with E-state index in [0.29, 0.717) is 18.4 Å². The van der Waals surface area contributed by atoms with Crippen molar-refractivity contribution in [2.45, 2.75) is 36.9 Å². The van der Waals surface area contributed by atoms with Crippen LogP contribution in [0.15, 0.2) is 29.2 Å². The number of nitrogens with zero attached hydrogens (tertiary/aromatic N) is 3. The summed E-state index contributed by atoms with van der Waals surface area (Å²) in [5, 5.41) is 16.4. The summed E-state index contributed by atoms with van der Waals surface area (Å²) in [5.74, 6) is 0.298. The number of nitrogens with one attached hydrogen (secondary N) is 3. The fraction of sp³-hybridized carbons (Fsp3) is 0.417. The molecule has 21 heavy (non-hydrogen) atoms. The van der Waals surface area contributed by atoms with Crippen LogP contribution in [0.2, 0.25) is 0 Å². The van der Waals surface area contributed by atoms with E-state index in [4.69, 9.17) is 0 Å². The SMILES string of the molecule is O=S(=O)(NCc1nn[nH]n1)c1ccccc1CNC1CC1. The van der Waals surface area contributed by atoms with Crippen LogP contribution in [0.25, 0.3) is 0 Å². The lowest BCUT2D eigenvalue weighted by Gasteiger charge is -2.11. The quantitative estimate of drug-likeness (QED) is 0.660. The Kier molecular flexibility index (Phi) is 3.95. The van der Waals surface area contributed by atoms with Gasteiger partial charge in [0.15, 0.2) is 5.82 Å². The predicted molar refractivity (Wildman–Crippen MR) is 74.5 cm³/mol. The van der Waals surface area contributed by atoms with Crippen molar-refractivity contribution < 1.29 is 8.42 Å². The highest BCUT2D eigenvalue weighted by atomic mass is 32.2. The third-order valence-corrected chi connectivity index (χ3v) is 4.73. The van der Waals surface area contributed by atoms with E-state index in [2.05, 4.69) is 30.7 Å². The Balaban J connectivity index is 1.73. The zero-order valence-corrected chi connectivity index (χ0v) is 12.1. The molecule has 0 saturated heterocycles. The molecule has 1 aromatic carbocycles. The fourth-order valence-electron chi connectivity index (χ4n) is 1.95. The van der Waals surface area contributed by atoms with Crippen LogP contribution in [0.3, 0.4) is 0 Å². The van der Waals surface area contributed by atoms with Crippen LogP contribution >= 0.6 is 0 Å². The van der Waals surface area contributed by atoms with E-state index in [9.17, 15) is 8.42 Å². The molecular weight excluding hydrogens is 292 g/mol. The van der Waals surface area contributed by atoms with Crippen molar-refractivity contribution >= 4 is 10.0 Å². The molecule has 0 radical (unpaired) electrons. The summed E-state index contributed by atoms with van der Waals surface area (Å²) in [6, 6.07) is 7.49. The zero-order chi connectivity index (χ0) is 14.7. The molecular formula is C12H16N6O2S. The van der Waals surface area contributed by atoms with Crippen LogP contribution in [0.4, 0.5) is 0 Å². The number of benzene rings is 1. The molecule has 1 saturated carbocycles. The number of sulfonamides is 1. The molecule has 0 atom stereocenters. The van der Waals surface area contributed by atoms with Gasteiger partial charge in [0.1, 0.15) is 0 Å². The van der Waals surface area contributed by atoms with E-state index in [1.165, 1.54) is 0 Å². The van der Waals surface area contributed by atoms with Crippen LogP contribution in [0.1, 0.15) is 24.2 Å². The highest BCUT2D eigenvalue weighted by Crippen LogP contribution is 2.21. The first-order valence-corrected chi connectivity index (χ1v) is 8.17. The summed E-state index contributed by atoms with van der Waals surface area (Å²) in [7, 11) is -3.61. The third kappa shape index (κ3) is 3.63. The lowest BCUT2D eigenvalue weighted by atomic mass is 10.2. The molecule has 8 nitrogen and oxygen atoms in total. The van der Waals surface area contributed by atoms with Crippen LogP contribution in [0.5, 0.6) is 0 Å². The first-order valence-electron chi connectivity index (χ1n) is 6.68. The number of rotatable bonds is 7. The largest absolute Gasteiger partial charge is 0.310 e. The second kappa shape index (κ2) is 5.88. The summed E-state index contributed by atoms with van der Waals surface area (Å²) in [5.41, 5.74) is 0.755. The van der Waals surface area contributed by atoms with Gasteiger partial charge in [-0.25, -0.2) is 13.1 Å². The van der Waals surface area contributed by atoms with Gasteiger partial charge in [0.2, 0.25) is 10.0 Å². The number of hydrogen-bond acceptors (Lipinski definition) is 6. The van der Waals surface area contributed by atoms with Gasteiger partial charge in [0.05, 0.1) is 11.4 Å². The molecule has 2 aromatic rings. The molecule has 1 aromatic heterocycles. The molecule has 0 spiro atoms. The lowest BCUT2D eigenvalue weighted by Crippen LogP contribution is -2.26. The van der Waals surface area contributed by atoms with Crippen LogP contribution in [-0.4, -0.2) is 35.1 Å². The fourth-order valence-corrected chi connectivity index (χ4v) is 3.17. The van der Waals surface area contributed by atoms with E-state index in [0.717, 1.165) is 18.4 Å². The first kappa shape index (κ1) is 14.1. The molecule has 0 amide bonds. The van der Waals surface area contributed by atoms with Crippen molar-refractivity contribution in [1.82, 2.24) is 30.7 Å². The third-order valence-electron chi connectivity index (χ3n) is 3.23. The Labute approximate surface area is 122 Å². The van der Waals surface area contributed by atoms with E-state index >= 15 is 0 Å². The van der Waals surface area contributed by atoms with E-state index in [1.54, 1.807) is 12.1 Å². The average Bonchev–Trinajstić information content (AvgIpc) is 3.17. The van der Waals surface area contributed by atoms with E-state index in [1.807, 2.05) is 12.1 Å². The Bertz CT molecular complexity index is 696. The van der Waals surface area contributed by atoms with E-state index < -0.39 is 10.0 Å². The minimum atomic E-state index is -3.61. The predicted octanol–water partition coefficient (Wildman–Crippen LogP) is -0.0698. The molecule has 1 aliphatic rings. The summed E-state index contributed by atoms with van der Waals surface area (Å²) < 4.78 is 27.2. The minimum Gasteiger partial charge on any atom is -0.310 e. The standard InChI is InChI=1S/C12H16N6O2S/c19-21(20,14-8-12-15-17-18-16-12)11-4-2-1-3-9(11)7-13-10-5-6-10/h1-4,10,13-14H,5-8H2,(H,15,16,17,18). The summed E-state index contributed by atoms with van der Waals surface area (Å²) in [6.45, 7) is 0.549. The normalized spacial score (nSPS) is 15.2. The maximum atomic E-state index is 12.4.